The fourth-order valence-electron chi connectivity index (χ4n) is 3.06. The molecule has 0 aliphatic heterocycles. The summed E-state index contributed by atoms with van der Waals surface area (Å²) in [7, 11) is -4.09. The first kappa shape index (κ1) is 23.3. The van der Waals surface area contributed by atoms with E-state index in [2.05, 4.69) is 5.32 Å². The van der Waals surface area contributed by atoms with Crippen molar-refractivity contribution in [3.05, 3.63) is 89.7 Å². The Bertz CT molecular complexity index is 1160. The minimum atomic E-state index is -4.09. The quantitative estimate of drug-likeness (QED) is 0.527. The van der Waals surface area contributed by atoms with Gasteiger partial charge in [-0.25, -0.2) is 12.8 Å². The van der Waals surface area contributed by atoms with Gasteiger partial charge < -0.3 is 10.1 Å². The van der Waals surface area contributed by atoms with E-state index >= 15 is 0 Å². The van der Waals surface area contributed by atoms with Crippen molar-refractivity contribution >= 4 is 21.6 Å². The number of anilines is 1. The van der Waals surface area contributed by atoms with E-state index in [0.717, 1.165) is 27.6 Å². The molecule has 32 heavy (non-hydrogen) atoms. The lowest BCUT2D eigenvalue weighted by Gasteiger charge is -2.24. The molecular weight excluding hydrogens is 431 g/mol. The molecular formula is C24H25FN2O4S. The second kappa shape index (κ2) is 10.3. The number of carbonyl (C=O) groups excluding carboxylic acids is 1. The third-order valence-corrected chi connectivity index (χ3v) is 6.50. The van der Waals surface area contributed by atoms with Crippen LogP contribution in [-0.4, -0.2) is 27.5 Å². The van der Waals surface area contributed by atoms with Crippen molar-refractivity contribution in [1.29, 1.82) is 0 Å². The number of carbonyl (C=O) groups is 1. The fraction of sp³-hybridized carbons (Fsp3) is 0.208. The van der Waals surface area contributed by atoms with Crippen molar-refractivity contribution in [2.75, 3.05) is 17.5 Å². The number of rotatable bonds is 9. The monoisotopic (exact) mass is 456 g/mol. The van der Waals surface area contributed by atoms with Gasteiger partial charge in [-0.3, -0.25) is 9.10 Å². The lowest BCUT2D eigenvalue weighted by Crippen LogP contribution is -2.40. The number of aryl methyl sites for hydroxylation is 1. The van der Waals surface area contributed by atoms with Gasteiger partial charge in [0.15, 0.2) is 0 Å². The summed E-state index contributed by atoms with van der Waals surface area (Å²) < 4.78 is 46.3. The van der Waals surface area contributed by atoms with E-state index in [-0.39, 0.29) is 11.4 Å². The molecule has 1 N–H and O–H groups in total. The van der Waals surface area contributed by atoms with Gasteiger partial charge in [0.1, 0.15) is 18.1 Å². The summed E-state index contributed by atoms with van der Waals surface area (Å²) in [5.74, 6) is -0.324. The Morgan fingerprint density at radius 3 is 2.38 bits per heavy atom. The number of benzene rings is 3. The molecule has 0 aliphatic carbocycles. The second-order valence-corrected chi connectivity index (χ2v) is 9.02. The number of nitrogens with one attached hydrogen (secondary N) is 1. The van der Waals surface area contributed by atoms with Crippen LogP contribution >= 0.6 is 0 Å². The average molecular weight is 457 g/mol. The maximum Gasteiger partial charge on any atom is 0.264 e. The first-order chi connectivity index (χ1) is 15.3. The highest BCUT2D eigenvalue weighted by atomic mass is 32.2. The summed E-state index contributed by atoms with van der Waals surface area (Å²) in [4.78, 5) is 12.6. The molecule has 8 heteroatoms. The molecule has 0 fully saturated rings. The van der Waals surface area contributed by atoms with Crippen LogP contribution in [0, 0.1) is 12.7 Å². The van der Waals surface area contributed by atoms with Crippen molar-refractivity contribution in [1.82, 2.24) is 5.32 Å². The van der Waals surface area contributed by atoms with E-state index in [4.69, 9.17) is 4.74 Å². The van der Waals surface area contributed by atoms with Crippen LogP contribution in [0.5, 0.6) is 5.75 Å². The Balaban J connectivity index is 1.81. The summed E-state index contributed by atoms with van der Waals surface area (Å²) in [6.07, 6.45) is 0. The minimum absolute atomic E-state index is 0.100. The molecule has 3 rings (SSSR count). The van der Waals surface area contributed by atoms with Crippen LogP contribution in [0.2, 0.25) is 0 Å². The lowest BCUT2D eigenvalue weighted by molar-refractivity contribution is -0.119. The zero-order valence-corrected chi connectivity index (χ0v) is 18.7. The van der Waals surface area contributed by atoms with Gasteiger partial charge in [0, 0.05) is 6.54 Å². The normalized spacial score (nSPS) is 11.1. The van der Waals surface area contributed by atoms with E-state index in [1.54, 1.807) is 24.3 Å². The largest absolute Gasteiger partial charge is 0.494 e. The first-order valence-corrected chi connectivity index (χ1v) is 11.6. The van der Waals surface area contributed by atoms with Crippen LogP contribution in [0.4, 0.5) is 10.1 Å². The van der Waals surface area contributed by atoms with Crippen LogP contribution in [0.25, 0.3) is 0 Å². The number of sulfonamides is 1. The smallest absolute Gasteiger partial charge is 0.264 e. The number of hydrogen-bond donors (Lipinski definition) is 1. The molecule has 3 aromatic rings. The number of ether oxygens (including phenoxy) is 1. The molecule has 0 aromatic heterocycles. The Kier molecular flexibility index (Phi) is 7.48. The van der Waals surface area contributed by atoms with Crippen molar-refractivity contribution in [3.63, 3.8) is 0 Å². The Morgan fingerprint density at radius 2 is 1.72 bits per heavy atom. The van der Waals surface area contributed by atoms with Gasteiger partial charge in [-0.05, 0) is 67.9 Å². The summed E-state index contributed by atoms with van der Waals surface area (Å²) >= 11 is 0. The van der Waals surface area contributed by atoms with Crippen LogP contribution in [-0.2, 0) is 21.4 Å². The summed E-state index contributed by atoms with van der Waals surface area (Å²) in [5, 5.41) is 2.75. The van der Waals surface area contributed by atoms with Gasteiger partial charge in [0.2, 0.25) is 5.91 Å². The van der Waals surface area contributed by atoms with E-state index < -0.39 is 28.3 Å². The van der Waals surface area contributed by atoms with Gasteiger partial charge in [0.05, 0.1) is 17.2 Å². The van der Waals surface area contributed by atoms with Gasteiger partial charge in [-0.15, -0.1) is 0 Å². The molecule has 0 radical (unpaired) electrons. The molecule has 168 valence electrons. The summed E-state index contributed by atoms with van der Waals surface area (Å²) in [5.41, 5.74) is 2.12. The van der Waals surface area contributed by atoms with E-state index in [9.17, 15) is 17.6 Å². The highest BCUT2D eigenvalue weighted by Gasteiger charge is 2.27. The Labute approximate surface area is 187 Å². The van der Waals surface area contributed by atoms with E-state index in [1.807, 2.05) is 38.1 Å². The molecule has 0 saturated heterocycles. The summed E-state index contributed by atoms with van der Waals surface area (Å²) in [6, 6.07) is 18.6. The molecule has 0 heterocycles. The van der Waals surface area contributed by atoms with Crippen LogP contribution in [0.15, 0.2) is 77.7 Å². The summed E-state index contributed by atoms with van der Waals surface area (Å²) in [6.45, 7) is 4.09. The predicted octanol–water partition coefficient (Wildman–Crippen LogP) is 4.04. The van der Waals surface area contributed by atoms with Gasteiger partial charge in [-0.1, -0.05) is 29.8 Å². The maximum atomic E-state index is 13.3. The zero-order valence-electron chi connectivity index (χ0n) is 17.9. The highest BCUT2D eigenvalue weighted by molar-refractivity contribution is 7.92. The molecule has 6 nitrogen and oxygen atoms in total. The lowest BCUT2D eigenvalue weighted by atomic mass is 10.2. The second-order valence-electron chi connectivity index (χ2n) is 7.16. The Hall–Kier alpha value is -3.39. The van der Waals surface area contributed by atoms with Crippen molar-refractivity contribution in [2.24, 2.45) is 0 Å². The first-order valence-electron chi connectivity index (χ1n) is 10.1. The van der Waals surface area contributed by atoms with E-state index in [0.29, 0.717) is 18.0 Å². The maximum absolute atomic E-state index is 13.3. The molecule has 0 spiro atoms. The van der Waals surface area contributed by atoms with Crippen LogP contribution in [0.3, 0.4) is 0 Å². The van der Waals surface area contributed by atoms with Crippen molar-refractivity contribution < 1.29 is 22.3 Å². The minimum Gasteiger partial charge on any atom is -0.494 e. The molecule has 0 atom stereocenters. The standard InChI is InChI=1S/C24H25FN2O4S/c1-3-31-22-6-4-5-19(15-22)16-26-24(28)17-27(21-11-7-18(2)8-12-21)32(29,30)23-13-9-20(25)10-14-23/h4-15H,3,16-17H2,1-2H3,(H,26,28). The van der Waals surface area contributed by atoms with Gasteiger partial charge in [-0.2, -0.15) is 0 Å². The SMILES string of the molecule is CCOc1cccc(CNC(=O)CN(c2ccc(C)cc2)S(=O)(=O)c2ccc(F)cc2)c1. The van der Waals surface area contributed by atoms with Crippen LogP contribution < -0.4 is 14.4 Å². The molecule has 1 amide bonds. The zero-order chi connectivity index (χ0) is 23.1. The van der Waals surface area contributed by atoms with Gasteiger partial charge >= 0.3 is 0 Å². The number of amides is 1. The molecule has 3 aromatic carbocycles. The average Bonchev–Trinajstić information content (AvgIpc) is 2.77. The molecule has 0 aliphatic rings. The number of halogens is 1. The third kappa shape index (κ3) is 5.85. The van der Waals surface area contributed by atoms with Gasteiger partial charge in [0.25, 0.3) is 10.0 Å². The fourth-order valence-corrected chi connectivity index (χ4v) is 4.48. The van der Waals surface area contributed by atoms with Crippen molar-refractivity contribution in [3.8, 4) is 5.75 Å². The predicted molar refractivity (Wildman–Crippen MR) is 122 cm³/mol. The third-order valence-electron chi connectivity index (χ3n) is 4.71. The Morgan fingerprint density at radius 1 is 1.03 bits per heavy atom. The van der Waals surface area contributed by atoms with Crippen LogP contribution in [0.1, 0.15) is 18.1 Å². The molecule has 0 bridgehead atoms. The van der Waals surface area contributed by atoms with E-state index in [1.165, 1.54) is 12.1 Å². The number of nitrogens with zero attached hydrogens (tertiary/aromatic N) is 1. The van der Waals surface area contributed by atoms with Crippen molar-refractivity contribution in [2.45, 2.75) is 25.3 Å². The highest BCUT2D eigenvalue weighted by Crippen LogP contribution is 2.24. The molecule has 0 unspecified atom stereocenters. The number of hydrogen-bond acceptors (Lipinski definition) is 4. The molecule has 0 saturated carbocycles. The topological polar surface area (TPSA) is 75.7 Å².